The van der Waals surface area contributed by atoms with Crippen molar-refractivity contribution in [1.29, 1.82) is 0 Å². The van der Waals surface area contributed by atoms with Gasteiger partial charge >= 0.3 is 0 Å². The number of aromatic nitrogens is 1. The fourth-order valence-electron chi connectivity index (χ4n) is 3.05. The van der Waals surface area contributed by atoms with Gasteiger partial charge < -0.3 is 14.8 Å². The highest BCUT2D eigenvalue weighted by atomic mass is 32.1. The smallest absolute Gasteiger partial charge is 0.263 e. The number of methoxy groups -OCH3 is 1. The quantitative estimate of drug-likeness (QED) is 0.878. The van der Waals surface area contributed by atoms with Crippen LogP contribution in [-0.2, 0) is 6.42 Å². The van der Waals surface area contributed by atoms with Crippen molar-refractivity contribution in [3.63, 3.8) is 0 Å². The molecule has 0 saturated heterocycles. The van der Waals surface area contributed by atoms with Gasteiger partial charge in [0, 0.05) is 12.0 Å². The molecule has 3 rings (SSSR count). The molecule has 0 spiro atoms. The maximum atomic E-state index is 12.9. The Morgan fingerprint density at radius 1 is 1.48 bits per heavy atom. The first kappa shape index (κ1) is 17.7. The van der Waals surface area contributed by atoms with Gasteiger partial charge in [-0.3, -0.25) is 4.79 Å². The van der Waals surface area contributed by atoms with Crippen molar-refractivity contribution in [2.75, 3.05) is 13.7 Å². The van der Waals surface area contributed by atoms with Gasteiger partial charge in [0.25, 0.3) is 5.91 Å². The predicted octanol–water partition coefficient (Wildman–Crippen LogP) is 3.91. The van der Waals surface area contributed by atoms with Crippen LogP contribution < -0.4 is 14.8 Å². The van der Waals surface area contributed by atoms with Crippen LogP contribution in [0.1, 0.15) is 52.2 Å². The Labute approximate surface area is 152 Å². The number of thiazole rings is 1. The zero-order chi connectivity index (χ0) is 18.0. The third-order valence-corrected chi connectivity index (χ3v) is 5.19. The van der Waals surface area contributed by atoms with Crippen LogP contribution in [0, 0.1) is 12.8 Å². The molecule has 6 heteroatoms. The summed E-state index contributed by atoms with van der Waals surface area (Å²) in [6.45, 7) is 6.81. The van der Waals surface area contributed by atoms with Crippen LogP contribution in [0.3, 0.4) is 0 Å². The van der Waals surface area contributed by atoms with Gasteiger partial charge in [0.1, 0.15) is 16.4 Å². The standard InChI is InChI=1S/C19H24N2O3S/c1-11(2)9-16-18(25-12(3)20-16)19(22)21-15-7-8-24-17-6-5-13(23-4)10-14(15)17/h5-6,10-11,15H,7-9H2,1-4H3,(H,21,22)/t15-/m0/s1. The Morgan fingerprint density at radius 3 is 3.00 bits per heavy atom. The van der Waals surface area contributed by atoms with E-state index in [1.807, 2.05) is 25.1 Å². The fourth-order valence-corrected chi connectivity index (χ4v) is 3.90. The van der Waals surface area contributed by atoms with E-state index in [9.17, 15) is 4.79 Å². The van der Waals surface area contributed by atoms with E-state index in [4.69, 9.17) is 9.47 Å². The molecule has 1 aromatic heterocycles. The van der Waals surface area contributed by atoms with E-state index in [1.54, 1.807) is 7.11 Å². The lowest BCUT2D eigenvalue weighted by molar-refractivity contribution is 0.0927. The topological polar surface area (TPSA) is 60.5 Å². The lowest BCUT2D eigenvalue weighted by Gasteiger charge is -2.27. The molecular weight excluding hydrogens is 336 g/mol. The number of hydrogen-bond acceptors (Lipinski definition) is 5. The molecule has 0 fully saturated rings. The van der Waals surface area contributed by atoms with Crippen LogP contribution in [0.4, 0.5) is 0 Å². The van der Waals surface area contributed by atoms with Gasteiger partial charge in [0.05, 0.1) is 30.5 Å². The molecule has 0 bridgehead atoms. The molecule has 1 amide bonds. The predicted molar refractivity (Wildman–Crippen MR) is 98.7 cm³/mol. The summed E-state index contributed by atoms with van der Waals surface area (Å²) < 4.78 is 11.0. The third kappa shape index (κ3) is 3.95. The lowest BCUT2D eigenvalue weighted by atomic mass is 10.00. The van der Waals surface area contributed by atoms with Crippen LogP contribution >= 0.6 is 11.3 Å². The number of nitrogens with one attached hydrogen (secondary N) is 1. The Hall–Kier alpha value is -2.08. The second-order valence-corrected chi connectivity index (χ2v) is 7.88. The van der Waals surface area contributed by atoms with Crippen molar-refractivity contribution in [1.82, 2.24) is 10.3 Å². The molecule has 0 radical (unpaired) electrons. The summed E-state index contributed by atoms with van der Waals surface area (Å²) in [5.41, 5.74) is 1.86. The minimum Gasteiger partial charge on any atom is -0.497 e. The Balaban J connectivity index is 1.83. The summed E-state index contributed by atoms with van der Waals surface area (Å²) in [5, 5.41) is 4.09. The number of benzene rings is 1. The SMILES string of the molecule is COc1ccc2c(c1)[C@@H](NC(=O)c1sc(C)nc1CC(C)C)CCO2. The number of carbonyl (C=O) groups excluding carboxylic acids is 1. The van der Waals surface area contributed by atoms with Crippen molar-refractivity contribution >= 4 is 17.2 Å². The molecule has 5 nitrogen and oxygen atoms in total. The normalized spacial score (nSPS) is 16.3. The highest BCUT2D eigenvalue weighted by molar-refractivity contribution is 7.13. The minimum atomic E-state index is -0.0827. The minimum absolute atomic E-state index is 0.0538. The maximum absolute atomic E-state index is 12.9. The first-order chi connectivity index (χ1) is 12.0. The van der Waals surface area contributed by atoms with Gasteiger partial charge in [0.15, 0.2) is 0 Å². The molecule has 1 aromatic carbocycles. The van der Waals surface area contributed by atoms with Crippen molar-refractivity contribution in [3.8, 4) is 11.5 Å². The van der Waals surface area contributed by atoms with Gasteiger partial charge in [-0.05, 0) is 37.5 Å². The molecule has 1 aliphatic rings. The molecule has 25 heavy (non-hydrogen) atoms. The highest BCUT2D eigenvalue weighted by Gasteiger charge is 2.26. The second kappa shape index (κ2) is 7.44. The summed E-state index contributed by atoms with van der Waals surface area (Å²) >= 11 is 1.46. The van der Waals surface area contributed by atoms with Crippen LogP contribution in [-0.4, -0.2) is 24.6 Å². The number of nitrogens with zero attached hydrogens (tertiary/aromatic N) is 1. The number of aryl methyl sites for hydroxylation is 1. The molecule has 134 valence electrons. The van der Waals surface area contributed by atoms with Gasteiger partial charge in [0.2, 0.25) is 0 Å². The first-order valence-electron chi connectivity index (χ1n) is 8.55. The fraction of sp³-hybridized carbons (Fsp3) is 0.474. The highest BCUT2D eigenvalue weighted by Crippen LogP contribution is 2.35. The zero-order valence-electron chi connectivity index (χ0n) is 15.1. The summed E-state index contributed by atoms with van der Waals surface area (Å²) in [6.07, 6.45) is 1.55. The van der Waals surface area contributed by atoms with E-state index >= 15 is 0 Å². The molecule has 1 aliphatic heterocycles. The van der Waals surface area contributed by atoms with E-state index in [0.717, 1.165) is 45.5 Å². The van der Waals surface area contributed by atoms with Crippen molar-refractivity contribution < 1.29 is 14.3 Å². The molecule has 1 atom stereocenters. The van der Waals surface area contributed by atoms with Crippen molar-refractivity contribution in [2.24, 2.45) is 5.92 Å². The number of fused-ring (bicyclic) bond motifs is 1. The summed E-state index contributed by atoms with van der Waals surface area (Å²) in [4.78, 5) is 18.2. The number of amides is 1. The Kier molecular flexibility index (Phi) is 5.27. The largest absolute Gasteiger partial charge is 0.497 e. The average molecular weight is 360 g/mol. The molecule has 2 aromatic rings. The third-order valence-electron chi connectivity index (χ3n) is 4.17. The maximum Gasteiger partial charge on any atom is 0.263 e. The van der Waals surface area contributed by atoms with E-state index in [0.29, 0.717) is 12.5 Å². The van der Waals surface area contributed by atoms with Crippen LogP contribution in [0.25, 0.3) is 0 Å². The summed E-state index contributed by atoms with van der Waals surface area (Å²) in [6, 6.07) is 5.62. The summed E-state index contributed by atoms with van der Waals surface area (Å²) in [7, 11) is 1.64. The van der Waals surface area contributed by atoms with Crippen molar-refractivity contribution in [2.45, 2.75) is 39.7 Å². The zero-order valence-corrected chi connectivity index (χ0v) is 15.9. The Bertz CT molecular complexity index is 770. The van der Waals surface area contributed by atoms with Gasteiger partial charge in [-0.1, -0.05) is 13.8 Å². The number of carbonyl (C=O) groups is 1. The molecule has 1 N–H and O–H groups in total. The van der Waals surface area contributed by atoms with Gasteiger partial charge in [-0.2, -0.15) is 0 Å². The van der Waals surface area contributed by atoms with E-state index in [2.05, 4.69) is 24.1 Å². The molecule has 2 heterocycles. The molecule has 0 saturated carbocycles. The van der Waals surface area contributed by atoms with E-state index in [1.165, 1.54) is 11.3 Å². The van der Waals surface area contributed by atoms with Crippen LogP contribution in [0.15, 0.2) is 18.2 Å². The number of rotatable bonds is 5. The monoisotopic (exact) mass is 360 g/mol. The number of ether oxygens (including phenoxy) is 2. The van der Waals surface area contributed by atoms with Crippen LogP contribution in [0.2, 0.25) is 0 Å². The summed E-state index contributed by atoms with van der Waals surface area (Å²) in [5.74, 6) is 1.97. The second-order valence-electron chi connectivity index (χ2n) is 6.67. The molecule has 0 aliphatic carbocycles. The van der Waals surface area contributed by atoms with Gasteiger partial charge in [-0.25, -0.2) is 4.98 Å². The number of hydrogen-bond donors (Lipinski definition) is 1. The lowest BCUT2D eigenvalue weighted by Crippen LogP contribution is -2.32. The molecular formula is C19H24N2O3S. The van der Waals surface area contributed by atoms with E-state index in [-0.39, 0.29) is 11.9 Å². The average Bonchev–Trinajstić information content (AvgIpc) is 2.94. The molecule has 0 unspecified atom stereocenters. The van der Waals surface area contributed by atoms with Crippen molar-refractivity contribution in [3.05, 3.63) is 39.3 Å². The first-order valence-corrected chi connectivity index (χ1v) is 9.37. The van der Waals surface area contributed by atoms with E-state index < -0.39 is 0 Å². The Morgan fingerprint density at radius 2 is 2.28 bits per heavy atom. The van der Waals surface area contributed by atoms with Gasteiger partial charge in [-0.15, -0.1) is 11.3 Å². The van der Waals surface area contributed by atoms with Crippen LogP contribution in [0.5, 0.6) is 11.5 Å².